The van der Waals surface area contributed by atoms with Crippen LogP contribution in [-0.4, -0.2) is 29.0 Å². The number of nitrogens with zero attached hydrogens (tertiary/aromatic N) is 1. The first kappa shape index (κ1) is 22.7. The number of aryl methyl sites for hydroxylation is 1. The summed E-state index contributed by atoms with van der Waals surface area (Å²) in [7, 11) is -0.918. The molecule has 0 aliphatic carbocycles. The van der Waals surface area contributed by atoms with Crippen LogP contribution in [0.4, 0.5) is 0 Å². The standard InChI is InChI=1S/C19H27N3O2S.HI/c1-4-20-19(22-16(3)18-11-10-15(2)24-18)21-12-13-25(23)14-17-8-6-5-7-9-17;/h5-11,16H,4,12-14H2,1-3H3,(H2,20,21,22);1H. The summed E-state index contributed by atoms with van der Waals surface area (Å²) in [5.74, 6) is 3.58. The third kappa shape index (κ3) is 7.90. The maximum atomic E-state index is 12.2. The van der Waals surface area contributed by atoms with Gasteiger partial charge >= 0.3 is 0 Å². The first-order valence-corrected chi connectivity index (χ1v) is 10.1. The first-order chi connectivity index (χ1) is 12.1. The third-order valence-corrected chi connectivity index (χ3v) is 4.94. The van der Waals surface area contributed by atoms with E-state index in [4.69, 9.17) is 4.42 Å². The van der Waals surface area contributed by atoms with E-state index >= 15 is 0 Å². The summed E-state index contributed by atoms with van der Waals surface area (Å²) >= 11 is 0. The molecule has 2 unspecified atom stereocenters. The Balaban J connectivity index is 0.00000338. The third-order valence-electron chi connectivity index (χ3n) is 3.64. The quantitative estimate of drug-likeness (QED) is 0.337. The van der Waals surface area contributed by atoms with E-state index in [1.54, 1.807) is 0 Å². The molecule has 0 aliphatic rings. The molecule has 26 heavy (non-hydrogen) atoms. The van der Waals surface area contributed by atoms with Crippen molar-refractivity contribution in [3.63, 3.8) is 0 Å². The Morgan fingerprint density at radius 1 is 1.23 bits per heavy atom. The zero-order valence-corrected chi connectivity index (χ0v) is 18.7. The van der Waals surface area contributed by atoms with E-state index < -0.39 is 10.8 Å². The highest BCUT2D eigenvalue weighted by atomic mass is 127. The average molecular weight is 489 g/mol. The molecule has 0 spiro atoms. The number of furan rings is 1. The van der Waals surface area contributed by atoms with Crippen molar-refractivity contribution in [2.75, 3.05) is 18.8 Å². The van der Waals surface area contributed by atoms with Gasteiger partial charge in [0.05, 0.1) is 12.6 Å². The smallest absolute Gasteiger partial charge is 0.191 e. The lowest BCUT2D eigenvalue weighted by molar-refractivity contribution is 0.441. The second-order valence-electron chi connectivity index (χ2n) is 5.85. The Bertz CT molecular complexity index is 704. The largest absolute Gasteiger partial charge is 0.464 e. The minimum Gasteiger partial charge on any atom is -0.464 e. The lowest BCUT2D eigenvalue weighted by Gasteiger charge is -2.16. The van der Waals surface area contributed by atoms with E-state index in [-0.39, 0.29) is 30.0 Å². The lowest BCUT2D eigenvalue weighted by Crippen LogP contribution is -2.38. The molecule has 0 aliphatic heterocycles. The summed E-state index contributed by atoms with van der Waals surface area (Å²) in [5, 5.41) is 6.53. The lowest BCUT2D eigenvalue weighted by atomic mass is 10.2. The molecule has 1 aromatic heterocycles. The zero-order chi connectivity index (χ0) is 18.1. The molecule has 0 radical (unpaired) electrons. The van der Waals surface area contributed by atoms with Gasteiger partial charge in [-0.2, -0.15) is 0 Å². The number of nitrogens with one attached hydrogen (secondary N) is 2. The summed E-state index contributed by atoms with van der Waals surface area (Å²) in [6.07, 6.45) is 0. The van der Waals surface area contributed by atoms with Gasteiger partial charge in [0.2, 0.25) is 0 Å². The maximum absolute atomic E-state index is 12.2. The van der Waals surface area contributed by atoms with E-state index in [9.17, 15) is 4.21 Å². The van der Waals surface area contributed by atoms with Gasteiger partial charge in [0.25, 0.3) is 0 Å². The van der Waals surface area contributed by atoms with E-state index in [1.807, 2.05) is 63.2 Å². The molecule has 2 aromatic rings. The van der Waals surface area contributed by atoms with E-state index in [0.717, 1.165) is 23.6 Å². The normalized spacial score (nSPS) is 13.6. The van der Waals surface area contributed by atoms with Gasteiger partial charge in [0.1, 0.15) is 11.5 Å². The molecular formula is C19H28IN3O2S. The zero-order valence-electron chi connectivity index (χ0n) is 15.5. The Kier molecular flexibility index (Phi) is 10.6. The summed E-state index contributed by atoms with van der Waals surface area (Å²) in [4.78, 5) is 4.53. The van der Waals surface area contributed by atoms with Gasteiger partial charge in [0, 0.05) is 28.9 Å². The Hall–Kier alpha value is -1.35. The molecule has 2 rings (SSSR count). The summed E-state index contributed by atoms with van der Waals surface area (Å²) < 4.78 is 17.8. The van der Waals surface area contributed by atoms with Crippen LogP contribution in [0.5, 0.6) is 0 Å². The molecule has 1 aromatic carbocycles. The monoisotopic (exact) mass is 489 g/mol. The van der Waals surface area contributed by atoms with Crippen LogP contribution in [0.3, 0.4) is 0 Å². The second kappa shape index (κ2) is 12.1. The van der Waals surface area contributed by atoms with Gasteiger partial charge in [-0.25, -0.2) is 0 Å². The SMILES string of the molecule is CCNC(=NCCS(=O)Cc1ccccc1)NC(C)c1ccc(C)o1.I. The molecule has 1 heterocycles. The molecule has 2 N–H and O–H groups in total. The number of hydrogen-bond acceptors (Lipinski definition) is 3. The van der Waals surface area contributed by atoms with Crippen molar-refractivity contribution in [2.24, 2.45) is 4.99 Å². The van der Waals surface area contributed by atoms with Crippen molar-refractivity contribution in [1.29, 1.82) is 0 Å². The predicted octanol–water partition coefficient (Wildman–Crippen LogP) is 3.77. The van der Waals surface area contributed by atoms with E-state index in [2.05, 4.69) is 15.6 Å². The van der Waals surface area contributed by atoms with Crippen LogP contribution >= 0.6 is 24.0 Å². The van der Waals surface area contributed by atoms with Crippen LogP contribution in [0.25, 0.3) is 0 Å². The van der Waals surface area contributed by atoms with Crippen molar-refractivity contribution in [2.45, 2.75) is 32.6 Å². The molecule has 0 fully saturated rings. The number of halogens is 1. The molecule has 0 saturated carbocycles. The van der Waals surface area contributed by atoms with Gasteiger partial charge in [0.15, 0.2) is 5.96 Å². The number of hydrogen-bond donors (Lipinski definition) is 2. The molecule has 5 nitrogen and oxygen atoms in total. The fourth-order valence-electron chi connectivity index (χ4n) is 2.37. The van der Waals surface area contributed by atoms with Crippen LogP contribution in [0.2, 0.25) is 0 Å². The second-order valence-corrected chi connectivity index (χ2v) is 7.43. The number of benzene rings is 1. The first-order valence-electron chi connectivity index (χ1n) is 8.58. The van der Waals surface area contributed by atoms with Gasteiger partial charge < -0.3 is 15.1 Å². The molecule has 0 saturated heterocycles. The van der Waals surface area contributed by atoms with Crippen LogP contribution in [0, 0.1) is 6.92 Å². The van der Waals surface area contributed by atoms with Crippen LogP contribution in [-0.2, 0) is 16.6 Å². The van der Waals surface area contributed by atoms with Crippen LogP contribution < -0.4 is 10.6 Å². The topological polar surface area (TPSA) is 66.6 Å². The highest BCUT2D eigenvalue weighted by Gasteiger charge is 2.11. The average Bonchev–Trinajstić information content (AvgIpc) is 3.02. The van der Waals surface area contributed by atoms with Crippen LogP contribution in [0.15, 0.2) is 51.9 Å². The fraction of sp³-hybridized carbons (Fsp3) is 0.421. The van der Waals surface area contributed by atoms with Crippen molar-refractivity contribution < 1.29 is 8.63 Å². The molecule has 144 valence electrons. The molecule has 7 heteroatoms. The van der Waals surface area contributed by atoms with Crippen molar-refractivity contribution >= 4 is 40.7 Å². The highest BCUT2D eigenvalue weighted by Crippen LogP contribution is 2.15. The summed E-state index contributed by atoms with van der Waals surface area (Å²) in [6.45, 7) is 7.25. The van der Waals surface area contributed by atoms with Gasteiger partial charge in [-0.15, -0.1) is 24.0 Å². The molecule has 2 atom stereocenters. The number of guanidine groups is 1. The summed E-state index contributed by atoms with van der Waals surface area (Å²) in [5.41, 5.74) is 1.09. The minimum atomic E-state index is -0.918. The Morgan fingerprint density at radius 3 is 2.58 bits per heavy atom. The summed E-state index contributed by atoms with van der Waals surface area (Å²) in [6, 6.07) is 13.8. The van der Waals surface area contributed by atoms with Gasteiger partial charge in [-0.05, 0) is 38.5 Å². The number of aliphatic imine (C=N–C) groups is 1. The van der Waals surface area contributed by atoms with Crippen molar-refractivity contribution in [1.82, 2.24) is 10.6 Å². The van der Waals surface area contributed by atoms with E-state index in [0.29, 0.717) is 24.0 Å². The van der Waals surface area contributed by atoms with E-state index in [1.165, 1.54) is 0 Å². The fourth-order valence-corrected chi connectivity index (χ4v) is 3.38. The minimum absolute atomic E-state index is 0. The van der Waals surface area contributed by atoms with Crippen molar-refractivity contribution in [3.8, 4) is 0 Å². The Morgan fingerprint density at radius 2 is 1.96 bits per heavy atom. The maximum Gasteiger partial charge on any atom is 0.191 e. The molecule has 0 bridgehead atoms. The van der Waals surface area contributed by atoms with Gasteiger partial charge in [-0.1, -0.05) is 30.3 Å². The van der Waals surface area contributed by atoms with Crippen LogP contribution in [0.1, 0.15) is 37.0 Å². The predicted molar refractivity (Wildman–Crippen MR) is 120 cm³/mol. The highest BCUT2D eigenvalue weighted by molar-refractivity contribution is 14.0. The van der Waals surface area contributed by atoms with Crippen molar-refractivity contribution in [3.05, 3.63) is 59.5 Å². The Labute approximate surface area is 175 Å². The number of rotatable bonds is 8. The van der Waals surface area contributed by atoms with Gasteiger partial charge in [-0.3, -0.25) is 9.20 Å². The molecular weight excluding hydrogens is 461 g/mol. The molecule has 0 amide bonds.